The molecule has 1 aromatic heterocycles. The number of benzene rings is 1. The van der Waals surface area contributed by atoms with Crippen molar-refractivity contribution in [3.63, 3.8) is 0 Å². The van der Waals surface area contributed by atoms with Gasteiger partial charge < -0.3 is 10.3 Å². The first-order valence-corrected chi connectivity index (χ1v) is 8.41. The first-order chi connectivity index (χ1) is 11.6. The Kier molecular flexibility index (Phi) is 5.11. The summed E-state index contributed by atoms with van der Waals surface area (Å²) >= 11 is 0. The Bertz CT molecular complexity index is 725. The van der Waals surface area contributed by atoms with Crippen molar-refractivity contribution in [1.29, 1.82) is 0 Å². The van der Waals surface area contributed by atoms with Crippen LogP contribution in [0, 0.1) is 6.92 Å². The topological polar surface area (TPSA) is 65.2 Å². The van der Waals surface area contributed by atoms with Crippen molar-refractivity contribution in [3.05, 3.63) is 69.6 Å². The predicted molar refractivity (Wildman–Crippen MR) is 94.1 cm³/mol. The van der Waals surface area contributed by atoms with E-state index in [1.54, 1.807) is 6.07 Å². The molecule has 1 atom stereocenters. The van der Waals surface area contributed by atoms with Gasteiger partial charge in [-0.15, -0.1) is 0 Å². The molecule has 2 heterocycles. The standard InChI is InChI=1S/C19H23N3O2/c1-14-4-6-15(7-5-14)17(22-10-2-3-11-22)13-21-19(24)16-8-9-18(23)20-12-16/h4-9,12,17H,2-3,10-11,13H2,1H3,(H,20,23)(H,21,24). The van der Waals surface area contributed by atoms with E-state index in [0.29, 0.717) is 12.1 Å². The van der Waals surface area contributed by atoms with Crippen LogP contribution in [-0.4, -0.2) is 35.4 Å². The van der Waals surface area contributed by atoms with Crippen LogP contribution in [0.5, 0.6) is 0 Å². The van der Waals surface area contributed by atoms with Crippen molar-refractivity contribution in [1.82, 2.24) is 15.2 Å². The first-order valence-electron chi connectivity index (χ1n) is 8.41. The molecule has 1 saturated heterocycles. The van der Waals surface area contributed by atoms with Crippen molar-refractivity contribution >= 4 is 5.91 Å². The molecule has 0 radical (unpaired) electrons. The summed E-state index contributed by atoms with van der Waals surface area (Å²) in [7, 11) is 0. The second kappa shape index (κ2) is 7.45. The number of nitrogens with zero attached hydrogens (tertiary/aromatic N) is 1. The lowest BCUT2D eigenvalue weighted by molar-refractivity contribution is 0.0937. The van der Waals surface area contributed by atoms with Crippen LogP contribution < -0.4 is 10.9 Å². The summed E-state index contributed by atoms with van der Waals surface area (Å²) in [6, 6.07) is 11.6. The van der Waals surface area contributed by atoms with Crippen LogP contribution in [0.2, 0.25) is 0 Å². The number of carbonyl (C=O) groups is 1. The minimum absolute atomic E-state index is 0.164. The highest BCUT2D eigenvalue weighted by Gasteiger charge is 2.24. The molecule has 0 aliphatic carbocycles. The van der Waals surface area contributed by atoms with Crippen molar-refractivity contribution in [2.75, 3.05) is 19.6 Å². The second-order valence-corrected chi connectivity index (χ2v) is 6.32. The summed E-state index contributed by atoms with van der Waals surface area (Å²) in [5.74, 6) is -0.164. The maximum absolute atomic E-state index is 12.3. The summed E-state index contributed by atoms with van der Waals surface area (Å²) < 4.78 is 0. The molecule has 2 N–H and O–H groups in total. The van der Waals surface area contributed by atoms with Gasteiger partial charge in [0.05, 0.1) is 11.6 Å². The van der Waals surface area contributed by atoms with Gasteiger partial charge >= 0.3 is 0 Å². The highest BCUT2D eigenvalue weighted by molar-refractivity contribution is 5.93. The van der Waals surface area contributed by atoms with Gasteiger partial charge in [0.2, 0.25) is 5.56 Å². The summed E-state index contributed by atoms with van der Waals surface area (Å²) in [5, 5.41) is 3.01. The van der Waals surface area contributed by atoms with Crippen molar-refractivity contribution in [2.24, 2.45) is 0 Å². The third-order valence-electron chi connectivity index (χ3n) is 4.55. The number of aryl methyl sites for hydroxylation is 1. The van der Waals surface area contributed by atoms with E-state index in [-0.39, 0.29) is 17.5 Å². The molecule has 1 amide bonds. The Hall–Kier alpha value is -2.40. The van der Waals surface area contributed by atoms with E-state index in [9.17, 15) is 9.59 Å². The van der Waals surface area contributed by atoms with E-state index in [0.717, 1.165) is 13.1 Å². The lowest BCUT2D eigenvalue weighted by atomic mass is 10.0. The normalized spacial score (nSPS) is 16.0. The minimum atomic E-state index is -0.207. The molecule has 24 heavy (non-hydrogen) atoms. The van der Waals surface area contributed by atoms with E-state index >= 15 is 0 Å². The fourth-order valence-electron chi connectivity index (χ4n) is 3.14. The van der Waals surface area contributed by atoms with Gasteiger partial charge in [-0.1, -0.05) is 29.8 Å². The summed E-state index contributed by atoms with van der Waals surface area (Å²) in [6.45, 7) is 4.76. The SMILES string of the molecule is Cc1ccc(C(CNC(=O)c2ccc(=O)[nH]c2)N2CCCC2)cc1. The quantitative estimate of drug-likeness (QED) is 0.886. The maximum Gasteiger partial charge on any atom is 0.252 e. The van der Waals surface area contributed by atoms with E-state index < -0.39 is 0 Å². The molecular formula is C19H23N3O2. The molecule has 2 aromatic rings. The molecule has 0 spiro atoms. The van der Waals surface area contributed by atoms with Crippen LogP contribution in [0.4, 0.5) is 0 Å². The predicted octanol–water partition coefficient (Wildman–Crippen LogP) is 2.25. The fraction of sp³-hybridized carbons (Fsp3) is 0.368. The third-order valence-corrected chi connectivity index (χ3v) is 4.55. The number of aromatic nitrogens is 1. The number of amides is 1. The van der Waals surface area contributed by atoms with Crippen molar-refractivity contribution in [2.45, 2.75) is 25.8 Å². The van der Waals surface area contributed by atoms with E-state index in [1.165, 1.54) is 36.2 Å². The molecule has 126 valence electrons. The van der Waals surface area contributed by atoms with E-state index in [1.807, 2.05) is 0 Å². The molecule has 5 nitrogen and oxygen atoms in total. The average Bonchev–Trinajstić information content (AvgIpc) is 3.11. The van der Waals surface area contributed by atoms with Crippen LogP contribution in [0.15, 0.2) is 47.4 Å². The Morgan fingerprint density at radius 1 is 1.17 bits per heavy atom. The lowest BCUT2D eigenvalue weighted by Gasteiger charge is -2.28. The number of hydrogen-bond acceptors (Lipinski definition) is 3. The smallest absolute Gasteiger partial charge is 0.252 e. The largest absolute Gasteiger partial charge is 0.350 e. The van der Waals surface area contributed by atoms with Crippen molar-refractivity contribution in [3.8, 4) is 0 Å². The number of carbonyl (C=O) groups excluding carboxylic acids is 1. The Balaban J connectivity index is 1.71. The second-order valence-electron chi connectivity index (χ2n) is 6.32. The minimum Gasteiger partial charge on any atom is -0.350 e. The molecule has 1 unspecified atom stereocenters. The van der Waals surface area contributed by atoms with Crippen LogP contribution in [0.3, 0.4) is 0 Å². The van der Waals surface area contributed by atoms with Gasteiger partial charge in [0.25, 0.3) is 5.91 Å². The molecule has 3 rings (SSSR count). The Morgan fingerprint density at radius 3 is 2.50 bits per heavy atom. The average molecular weight is 325 g/mol. The summed E-state index contributed by atoms with van der Waals surface area (Å²) in [6.07, 6.45) is 3.86. The number of aromatic amines is 1. The summed E-state index contributed by atoms with van der Waals surface area (Å²) in [5.41, 5.74) is 2.72. The monoisotopic (exact) mass is 325 g/mol. The van der Waals surface area contributed by atoms with Gasteiger partial charge in [-0.05, 0) is 44.5 Å². The summed E-state index contributed by atoms with van der Waals surface area (Å²) in [4.78, 5) is 28.4. The van der Waals surface area contributed by atoms with Gasteiger partial charge in [0.1, 0.15) is 0 Å². The fourth-order valence-corrected chi connectivity index (χ4v) is 3.14. The van der Waals surface area contributed by atoms with E-state index in [2.05, 4.69) is 46.4 Å². The van der Waals surface area contributed by atoms with Gasteiger partial charge in [-0.3, -0.25) is 14.5 Å². The molecule has 0 saturated carbocycles. The first kappa shape index (κ1) is 16.5. The third kappa shape index (κ3) is 3.92. The molecular weight excluding hydrogens is 302 g/mol. The molecule has 5 heteroatoms. The highest BCUT2D eigenvalue weighted by atomic mass is 16.1. The van der Waals surface area contributed by atoms with Crippen LogP contribution >= 0.6 is 0 Å². The number of hydrogen-bond donors (Lipinski definition) is 2. The number of pyridine rings is 1. The van der Waals surface area contributed by atoms with Gasteiger partial charge in [0, 0.05) is 18.8 Å². The Labute approximate surface area is 141 Å². The van der Waals surface area contributed by atoms with Crippen LogP contribution in [0.25, 0.3) is 0 Å². The number of likely N-dealkylation sites (tertiary alicyclic amines) is 1. The molecule has 1 aliphatic heterocycles. The van der Waals surface area contributed by atoms with E-state index in [4.69, 9.17) is 0 Å². The van der Waals surface area contributed by atoms with Crippen LogP contribution in [0.1, 0.15) is 40.4 Å². The van der Waals surface area contributed by atoms with Crippen LogP contribution in [-0.2, 0) is 0 Å². The number of H-pyrrole nitrogens is 1. The maximum atomic E-state index is 12.3. The van der Waals surface area contributed by atoms with Gasteiger partial charge in [-0.25, -0.2) is 0 Å². The molecule has 1 fully saturated rings. The molecule has 1 aliphatic rings. The highest BCUT2D eigenvalue weighted by Crippen LogP contribution is 2.25. The molecule has 0 bridgehead atoms. The lowest BCUT2D eigenvalue weighted by Crippen LogP contribution is -2.37. The Morgan fingerprint density at radius 2 is 1.88 bits per heavy atom. The van der Waals surface area contributed by atoms with Crippen molar-refractivity contribution < 1.29 is 4.79 Å². The molecule has 1 aromatic carbocycles. The zero-order chi connectivity index (χ0) is 16.9. The zero-order valence-corrected chi connectivity index (χ0v) is 13.9. The number of nitrogens with one attached hydrogen (secondary N) is 2. The zero-order valence-electron chi connectivity index (χ0n) is 13.9. The van der Waals surface area contributed by atoms with Gasteiger partial charge in [0.15, 0.2) is 0 Å². The number of rotatable bonds is 5. The van der Waals surface area contributed by atoms with Gasteiger partial charge in [-0.2, -0.15) is 0 Å².